The van der Waals surface area contributed by atoms with Gasteiger partial charge in [0.25, 0.3) is 0 Å². The molecule has 0 amide bonds. The lowest BCUT2D eigenvalue weighted by molar-refractivity contribution is 0.486. The van der Waals surface area contributed by atoms with Crippen LogP contribution in [-0.2, 0) is 0 Å². The maximum atomic E-state index is 11.2. The maximum Gasteiger partial charge on any atom is 0.0891 e. The third kappa shape index (κ3) is 4.15. The fraction of sp³-hybridized carbons (Fsp3) is 1.00. The van der Waals surface area contributed by atoms with Gasteiger partial charge < -0.3 is 0 Å². The topological polar surface area (TPSA) is 0 Å². The minimum Gasteiger partial charge on any atom is -0.251 e. The quantitative estimate of drug-likeness (QED) is 0.376. The summed E-state index contributed by atoms with van der Waals surface area (Å²) in [4.78, 5) is 0. The Bertz CT molecular complexity index is 19.5. The summed E-state index contributed by atoms with van der Waals surface area (Å²) in [5.74, 6) is 0. The predicted octanol–water partition coefficient (Wildman–Crippen LogP) is 1.52. The molecular formula is C4H9FSi. The van der Waals surface area contributed by atoms with E-state index < -0.39 is 0 Å². The van der Waals surface area contributed by atoms with E-state index in [1.807, 2.05) is 0 Å². The molecule has 0 aromatic carbocycles. The Kier molecular flexibility index (Phi) is 5.27. The van der Waals surface area contributed by atoms with E-state index in [0.717, 1.165) is 22.0 Å². The van der Waals surface area contributed by atoms with Crippen LogP contribution >= 0.6 is 0 Å². The Morgan fingerprint density at radius 3 is 2.50 bits per heavy atom. The van der Waals surface area contributed by atoms with Gasteiger partial charge in [-0.2, -0.15) is 0 Å². The van der Waals surface area contributed by atoms with E-state index >= 15 is 0 Å². The Balaban J connectivity index is 2.34. The van der Waals surface area contributed by atoms with Crippen LogP contribution in [0.15, 0.2) is 0 Å². The fourth-order valence-corrected chi connectivity index (χ4v) is 0.731. The van der Waals surface area contributed by atoms with E-state index in [0.29, 0.717) is 0 Å². The number of hydrogen-bond donors (Lipinski definition) is 0. The second-order valence-corrected chi connectivity index (χ2v) is 2.35. The second-order valence-electron chi connectivity index (χ2n) is 1.15. The van der Waals surface area contributed by atoms with Crippen LogP contribution < -0.4 is 0 Å². The van der Waals surface area contributed by atoms with Crippen molar-refractivity contribution in [3.8, 4) is 0 Å². The van der Waals surface area contributed by atoms with Gasteiger partial charge in [-0.05, 0) is 6.42 Å². The number of rotatable bonds is 3. The van der Waals surface area contributed by atoms with E-state index in [4.69, 9.17) is 0 Å². The van der Waals surface area contributed by atoms with Gasteiger partial charge in [0.2, 0.25) is 0 Å². The van der Waals surface area contributed by atoms with Crippen molar-refractivity contribution in [3.05, 3.63) is 0 Å². The Labute approximate surface area is 40.6 Å². The van der Waals surface area contributed by atoms with Gasteiger partial charge in [-0.1, -0.05) is 12.6 Å². The molecule has 0 aromatic heterocycles. The van der Waals surface area contributed by atoms with Gasteiger partial charge in [-0.3, -0.25) is 4.39 Å². The van der Waals surface area contributed by atoms with Gasteiger partial charge >= 0.3 is 0 Å². The molecule has 0 aliphatic heterocycles. The highest BCUT2D eigenvalue weighted by Gasteiger charge is 1.79. The molecule has 0 N–H and O–H groups in total. The lowest BCUT2D eigenvalue weighted by Gasteiger charge is -1.82. The third-order valence-corrected chi connectivity index (χ3v) is 1.41. The molecule has 0 spiro atoms. The zero-order valence-corrected chi connectivity index (χ0v) is 5.00. The van der Waals surface area contributed by atoms with Crippen molar-refractivity contribution in [2.45, 2.75) is 19.0 Å². The monoisotopic (exact) mass is 104 g/mol. The van der Waals surface area contributed by atoms with Crippen LogP contribution in [0.3, 0.4) is 0 Å². The summed E-state index contributed by atoms with van der Waals surface area (Å²) < 4.78 is 11.2. The highest BCUT2D eigenvalue weighted by molar-refractivity contribution is 6.33. The molecule has 0 heterocycles. The second kappa shape index (κ2) is 5.15. The zero-order chi connectivity index (χ0) is 4.83. The Hall–Kier alpha value is 0.147. The molecule has 0 nitrogen and oxygen atoms in total. The van der Waals surface area contributed by atoms with Gasteiger partial charge in [0.1, 0.15) is 0 Å². The maximum absolute atomic E-state index is 11.2. The molecule has 36 valence electrons. The van der Waals surface area contributed by atoms with Crippen molar-refractivity contribution >= 4 is 9.52 Å². The Morgan fingerprint density at radius 1 is 1.67 bits per heavy atom. The Morgan fingerprint density at radius 2 is 2.33 bits per heavy atom. The van der Waals surface area contributed by atoms with Crippen LogP contribution in [-0.4, -0.2) is 16.2 Å². The van der Waals surface area contributed by atoms with Crippen molar-refractivity contribution in [3.63, 3.8) is 0 Å². The van der Waals surface area contributed by atoms with Gasteiger partial charge in [0, 0.05) is 9.52 Å². The number of hydrogen-bond acceptors (Lipinski definition) is 0. The molecule has 0 aliphatic carbocycles. The summed E-state index contributed by atoms with van der Waals surface area (Å²) in [6, 6.07) is 1.07. The van der Waals surface area contributed by atoms with Crippen molar-refractivity contribution in [2.24, 2.45) is 0 Å². The summed E-state index contributed by atoms with van der Waals surface area (Å²) >= 11 is 0. The predicted molar refractivity (Wildman–Crippen MR) is 27.0 cm³/mol. The average Bonchev–Trinajstić information content (AvgIpc) is 1.61. The number of alkyl halides is 1. The molecule has 0 aromatic rings. The van der Waals surface area contributed by atoms with E-state index in [1.54, 1.807) is 0 Å². The lowest BCUT2D eigenvalue weighted by Crippen LogP contribution is -1.80. The van der Waals surface area contributed by atoms with Crippen molar-refractivity contribution in [1.29, 1.82) is 0 Å². The van der Waals surface area contributed by atoms with Gasteiger partial charge in [0.05, 0.1) is 6.67 Å². The molecule has 6 heavy (non-hydrogen) atoms. The smallest absolute Gasteiger partial charge is 0.0891 e. The summed E-state index contributed by atoms with van der Waals surface area (Å²) in [5, 5.41) is 0. The van der Waals surface area contributed by atoms with E-state index in [9.17, 15) is 4.39 Å². The minimum absolute atomic E-state index is 0.138. The minimum atomic E-state index is -0.138. The molecule has 0 bridgehead atoms. The van der Waals surface area contributed by atoms with E-state index in [2.05, 4.69) is 6.55 Å². The van der Waals surface area contributed by atoms with Crippen molar-refractivity contribution in [2.75, 3.05) is 6.67 Å². The molecule has 0 fully saturated rings. The average molecular weight is 104 g/mol. The third-order valence-electron chi connectivity index (χ3n) is 0.560. The van der Waals surface area contributed by atoms with E-state index in [-0.39, 0.29) is 6.67 Å². The molecule has 0 unspecified atom stereocenters. The van der Waals surface area contributed by atoms with Gasteiger partial charge in [-0.15, -0.1) is 0 Å². The number of halogens is 1. The summed E-state index contributed by atoms with van der Waals surface area (Å²) in [5.41, 5.74) is 0. The highest BCUT2D eigenvalue weighted by Crippen LogP contribution is 1.86. The molecule has 0 saturated carbocycles. The van der Waals surface area contributed by atoms with Crippen LogP contribution in [0.1, 0.15) is 6.42 Å². The van der Waals surface area contributed by atoms with Crippen molar-refractivity contribution < 1.29 is 4.39 Å². The molecule has 0 aliphatic rings. The van der Waals surface area contributed by atoms with Crippen LogP contribution in [0.25, 0.3) is 0 Å². The summed E-state index contributed by atoms with van der Waals surface area (Å²) in [6.45, 7) is 1.95. The molecule has 0 saturated heterocycles. The highest BCUT2D eigenvalue weighted by atomic mass is 28.2. The fourth-order valence-electron chi connectivity index (χ4n) is 0.244. The van der Waals surface area contributed by atoms with E-state index in [1.165, 1.54) is 0 Å². The van der Waals surface area contributed by atoms with Crippen LogP contribution in [0.5, 0.6) is 0 Å². The zero-order valence-electron chi connectivity index (χ0n) is 4.00. The van der Waals surface area contributed by atoms with Crippen LogP contribution in [0.4, 0.5) is 4.39 Å². The lowest BCUT2D eigenvalue weighted by atomic mass is 10.6. The van der Waals surface area contributed by atoms with Gasteiger partial charge in [-0.25, -0.2) is 0 Å². The molecule has 0 atom stereocenters. The first-order valence-corrected chi connectivity index (χ1v) is 3.83. The molecule has 0 rings (SSSR count). The molecule has 2 radical (unpaired) electrons. The normalized spacial score (nSPS) is 9.00. The molecule has 2 heteroatoms. The van der Waals surface area contributed by atoms with Crippen molar-refractivity contribution in [1.82, 2.24) is 0 Å². The first-order valence-electron chi connectivity index (χ1n) is 2.12. The van der Waals surface area contributed by atoms with Crippen LogP contribution in [0, 0.1) is 0 Å². The summed E-state index contributed by atoms with van der Waals surface area (Å²) in [7, 11) is 0.925. The standard InChI is InChI=1S/C4H9FSi/c1-6-4-2-3-5/h2-4H2,1H3. The van der Waals surface area contributed by atoms with Gasteiger partial charge in [0.15, 0.2) is 0 Å². The first-order chi connectivity index (χ1) is 2.91. The molecular weight excluding hydrogens is 95.1 g/mol. The summed E-state index contributed by atoms with van der Waals surface area (Å²) in [6.07, 6.45) is 0.759. The first kappa shape index (κ1) is 6.15. The largest absolute Gasteiger partial charge is 0.251 e. The SMILES string of the molecule is C[Si]CCCF. The van der Waals surface area contributed by atoms with Crippen LogP contribution in [0.2, 0.25) is 12.6 Å².